The van der Waals surface area contributed by atoms with Gasteiger partial charge in [0.1, 0.15) is 0 Å². The van der Waals surface area contributed by atoms with Gasteiger partial charge in [-0.25, -0.2) is 0 Å². The van der Waals surface area contributed by atoms with E-state index in [9.17, 15) is 14.9 Å². The first-order valence-electron chi connectivity index (χ1n) is 9.06. The molecule has 26 heavy (non-hydrogen) atoms. The van der Waals surface area contributed by atoms with Crippen molar-refractivity contribution in [2.75, 3.05) is 27.3 Å². The van der Waals surface area contributed by atoms with Gasteiger partial charge in [-0.05, 0) is 42.4 Å². The molecule has 1 saturated heterocycles. The van der Waals surface area contributed by atoms with E-state index in [0.717, 1.165) is 18.4 Å². The van der Waals surface area contributed by atoms with E-state index in [-0.39, 0.29) is 41.2 Å². The zero-order valence-electron chi connectivity index (χ0n) is 15.5. The maximum absolute atomic E-state index is 12.5. The van der Waals surface area contributed by atoms with Gasteiger partial charge in [0, 0.05) is 29.8 Å². The molecule has 1 saturated carbocycles. The molecule has 1 aliphatic carbocycles. The van der Waals surface area contributed by atoms with E-state index in [1.54, 1.807) is 14.2 Å². The van der Waals surface area contributed by atoms with Crippen LogP contribution in [0.25, 0.3) is 0 Å². The molecule has 1 aromatic rings. The molecule has 7 heteroatoms. The highest BCUT2D eigenvalue weighted by atomic mass is 16.6. The van der Waals surface area contributed by atoms with Crippen LogP contribution in [0.4, 0.5) is 0 Å². The van der Waals surface area contributed by atoms with E-state index in [1.807, 2.05) is 23.1 Å². The zero-order valence-corrected chi connectivity index (χ0v) is 15.5. The number of nitro groups is 1. The minimum Gasteiger partial charge on any atom is -0.493 e. The highest BCUT2D eigenvalue weighted by Crippen LogP contribution is 2.46. The number of likely N-dealkylation sites (tertiary alicyclic amines) is 1. The number of benzene rings is 1. The fraction of sp³-hybridized carbons (Fsp3) is 0.632. The maximum Gasteiger partial charge on any atom is 0.223 e. The van der Waals surface area contributed by atoms with Gasteiger partial charge in [-0.2, -0.15) is 0 Å². The van der Waals surface area contributed by atoms with Gasteiger partial charge < -0.3 is 14.4 Å². The minimum atomic E-state index is -0.236. The molecule has 1 aromatic carbocycles. The molecule has 0 N–H and O–H groups in total. The molecule has 142 valence electrons. The van der Waals surface area contributed by atoms with E-state index in [2.05, 4.69) is 6.92 Å². The predicted octanol–water partition coefficient (Wildman–Crippen LogP) is 2.40. The molecule has 4 atom stereocenters. The number of nitrogens with zero attached hydrogens (tertiary/aromatic N) is 2. The predicted molar refractivity (Wildman–Crippen MR) is 96.0 cm³/mol. The average Bonchev–Trinajstić information content (AvgIpc) is 3.07. The molecule has 1 aliphatic heterocycles. The Balaban J connectivity index is 1.67. The monoisotopic (exact) mass is 362 g/mol. The smallest absolute Gasteiger partial charge is 0.223 e. The second kappa shape index (κ2) is 7.51. The maximum atomic E-state index is 12.5. The second-order valence-electron chi connectivity index (χ2n) is 7.35. The summed E-state index contributed by atoms with van der Waals surface area (Å²) < 4.78 is 10.6. The number of fused-ring (bicyclic) bond motifs is 1. The molecule has 2 fully saturated rings. The van der Waals surface area contributed by atoms with E-state index in [0.29, 0.717) is 24.5 Å². The van der Waals surface area contributed by atoms with Gasteiger partial charge in [0.05, 0.1) is 14.2 Å². The lowest BCUT2D eigenvalue weighted by Crippen LogP contribution is -2.35. The average molecular weight is 362 g/mol. The third-order valence-electron chi connectivity index (χ3n) is 5.97. The molecule has 3 rings (SSSR count). The number of ether oxygens (including phenoxy) is 2. The minimum absolute atomic E-state index is 0.00466. The van der Waals surface area contributed by atoms with E-state index in [4.69, 9.17) is 9.47 Å². The normalized spacial score (nSPS) is 27.5. The van der Waals surface area contributed by atoms with Crippen LogP contribution in [0.15, 0.2) is 18.2 Å². The molecular weight excluding hydrogens is 336 g/mol. The van der Waals surface area contributed by atoms with Crippen LogP contribution in [0, 0.1) is 27.9 Å². The van der Waals surface area contributed by atoms with Crippen molar-refractivity contribution in [3.63, 3.8) is 0 Å². The number of hydrogen-bond acceptors (Lipinski definition) is 5. The molecule has 2 aliphatic rings. The topological polar surface area (TPSA) is 81.9 Å². The first-order chi connectivity index (χ1) is 12.4. The van der Waals surface area contributed by atoms with Crippen LogP contribution in [-0.4, -0.2) is 49.1 Å². The molecular formula is C19H26N2O5. The molecule has 0 radical (unpaired) electrons. The van der Waals surface area contributed by atoms with Crippen molar-refractivity contribution in [3.8, 4) is 11.5 Å². The first kappa shape index (κ1) is 18.5. The number of rotatable bonds is 7. The Morgan fingerprint density at radius 1 is 1.27 bits per heavy atom. The van der Waals surface area contributed by atoms with Crippen LogP contribution in [0.1, 0.15) is 25.3 Å². The van der Waals surface area contributed by atoms with E-state index < -0.39 is 0 Å². The number of carbonyl (C=O) groups excluding carboxylic acids is 1. The molecule has 7 nitrogen and oxygen atoms in total. The number of carbonyl (C=O) groups is 1. The lowest BCUT2D eigenvalue weighted by molar-refractivity contribution is -0.490. The van der Waals surface area contributed by atoms with Gasteiger partial charge in [0.2, 0.25) is 12.5 Å². The fourth-order valence-corrected chi connectivity index (χ4v) is 4.65. The third kappa shape index (κ3) is 3.48. The lowest BCUT2D eigenvalue weighted by Gasteiger charge is -2.24. The quantitative estimate of drug-likeness (QED) is 0.549. The Hall–Kier alpha value is -2.31. The standard InChI is InChI=1S/C19H26N2O5/c1-12-8-16-14(15(12)11-21(23)24)10-19(22)20(16)7-6-13-4-5-17(25-2)18(9-13)26-3/h4-5,9,12,14-16H,6-8,10-11H2,1-3H3/t12-,14-,15+,16?/m0/s1. The third-order valence-corrected chi connectivity index (χ3v) is 5.97. The zero-order chi connectivity index (χ0) is 18.8. The van der Waals surface area contributed by atoms with Crippen molar-refractivity contribution < 1.29 is 19.2 Å². The van der Waals surface area contributed by atoms with Crippen LogP contribution < -0.4 is 9.47 Å². The van der Waals surface area contributed by atoms with Crippen molar-refractivity contribution in [2.45, 2.75) is 32.2 Å². The van der Waals surface area contributed by atoms with Crippen LogP contribution in [0.5, 0.6) is 11.5 Å². The van der Waals surface area contributed by atoms with E-state index in [1.165, 1.54) is 0 Å². The molecule has 0 aromatic heterocycles. The summed E-state index contributed by atoms with van der Waals surface area (Å²) in [4.78, 5) is 25.1. The van der Waals surface area contributed by atoms with Crippen LogP contribution in [0.2, 0.25) is 0 Å². The number of amides is 1. The van der Waals surface area contributed by atoms with Gasteiger partial charge in [0.15, 0.2) is 11.5 Å². The van der Waals surface area contributed by atoms with Crippen molar-refractivity contribution in [1.29, 1.82) is 0 Å². The molecule has 0 spiro atoms. The summed E-state index contributed by atoms with van der Waals surface area (Å²) in [5.41, 5.74) is 1.08. The van der Waals surface area contributed by atoms with Gasteiger partial charge in [0.25, 0.3) is 0 Å². The Kier molecular flexibility index (Phi) is 5.34. The summed E-state index contributed by atoms with van der Waals surface area (Å²) in [5, 5.41) is 11.0. The van der Waals surface area contributed by atoms with Crippen molar-refractivity contribution in [2.24, 2.45) is 17.8 Å². The second-order valence-corrected chi connectivity index (χ2v) is 7.35. The molecule has 1 amide bonds. The highest BCUT2D eigenvalue weighted by molar-refractivity contribution is 5.79. The Labute approximate surface area is 153 Å². The first-order valence-corrected chi connectivity index (χ1v) is 9.06. The van der Waals surface area contributed by atoms with Gasteiger partial charge >= 0.3 is 0 Å². The largest absolute Gasteiger partial charge is 0.493 e. The summed E-state index contributed by atoms with van der Waals surface area (Å²) in [6, 6.07) is 5.92. The van der Waals surface area contributed by atoms with E-state index >= 15 is 0 Å². The van der Waals surface area contributed by atoms with Crippen molar-refractivity contribution in [3.05, 3.63) is 33.9 Å². The summed E-state index contributed by atoms with van der Waals surface area (Å²) in [6.45, 7) is 2.68. The Morgan fingerprint density at radius 3 is 2.65 bits per heavy atom. The Morgan fingerprint density at radius 2 is 2.00 bits per heavy atom. The number of hydrogen-bond donors (Lipinski definition) is 0. The van der Waals surface area contributed by atoms with Gasteiger partial charge in [-0.1, -0.05) is 13.0 Å². The summed E-state index contributed by atoms with van der Waals surface area (Å²) in [7, 11) is 3.20. The Bertz CT molecular complexity index is 693. The summed E-state index contributed by atoms with van der Waals surface area (Å²) >= 11 is 0. The molecule has 0 bridgehead atoms. The summed E-state index contributed by atoms with van der Waals surface area (Å²) in [5.74, 6) is 1.89. The van der Waals surface area contributed by atoms with Crippen LogP contribution in [-0.2, 0) is 11.2 Å². The SMILES string of the molecule is COc1ccc(CCN2C(=O)C[C@@H]3C2C[C@H](C)[C@H]3C[N+](=O)[O-])cc1OC. The lowest BCUT2D eigenvalue weighted by atomic mass is 9.89. The highest BCUT2D eigenvalue weighted by Gasteiger charge is 2.52. The van der Waals surface area contributed by atoms with Crippen molar-refractivity contribution in [1.82, 2.24) is 4.90 Å². The van der Waals surface area contributed by atoms with Crippen molar-refractivity contribution >= 4 is 5.91 Å². The van der Waals surface area contributed by atoms with Crippen LogP contribution in [0.3, 0.4) is 0 Å². The van der Waals surface area contributed by atoms with Gasteiger partial charge in [-0.3, -0.25) is 14.9 Å². The fourth-order valence-electron chi connectivity index (χ4n) is 4.65. The number of methoxy groups -OCH3 is 2. The van der Waals surface area contributed by atoms with Gasteiger partial charge in [-0.15, -0.1) is 0 Å². The summed E-state index contributed by atoms with van der Waals surface area (Å²) in [6.07, 6.45) is 2.03. The van der Waals surface area contributed by atoms with Crippen LogP contribution >= 0.6 is 0 Å². The molecule has 1 heterocycles. The molecule has 1 unspecified atom stereocenters.